The van der Waals surface area contributed by atoms with E-state index >= 15 is 0 Å². The van der Waals surface area contributed by atoms with Gasteiger partial charge in [-0.2, -0.15) is 0 Å². The number of halogens is 1. The first-order chi connectivity index (χ1) is 9.13. The van der Waals surface area contributed by atoms with Crippen LogP contribution in [0.25, 0.3) is 0 Å². The fourth-order valence-electron chi connectivity index (χ4n) is 5.07. The molecule has 3 nitrogen and oxygen atoms in total. The lowest BCUT2D eigenvalue weighted by atomic mass is 9.53. The average Bonchev–Trinajstić information content (AvgIpc) is 2.33. The fourth-order valence-corrected chi connectivity index (χ4v) is 5.20. The molecule has 0 saturated heterocycles. The van der Waals surface area contributed by atoms with E-state index in [0.29, 0.717) is 5.15 Å². The number of anilines is 1. The Morgan fingerprint density at radius 3 is 2.26 bits per heavy atom. The maximum Gasteiger partial charge on any atom is 0.137 e. The quantitative estimate of drug-likeness (QED) is 0.835. The van der Waals surface area contributed by atoms with Crippen molar-refractivity contribution in [2.45, 2.75) is 51.0 Å². The standard InChI is InChI=1S/C15H20ClN3/c1-9-13(16)17-8-18-14(9)19-15-5-10-2-11(6-15)4-12(3-10)7-15/h8,10-12H,2-7H2,1H3,(H,17,18,19). The maximum absolute atomic E-state index is 6.11. The predicted molar refractivity (Wildman–Crippen MR) is 76.3 cm³/mol. The summed E-state index contributed by atoms with van der Waals surface area (Å²) in [4.78, 5) is 8.46. The van der Waals surface area contributed by atoms with Crippen LogP contribution in [0.4, 0.5) is 5.82 Å². The minimum Gasteiger partial charge on any atom is -0.364 e. The summed E-state index contributed by atoms with van der Waals surface area (Å²) in [7, 11) is 0. The highest BCUT2D eigenvalue weighted by Crippen LogP contribution is 2.56. The Kier molecular flexibility index (Phi) is 2.57. The molecule has 1 aromatic rings. The van der Waals surface area contributed by atoms with E-state index < -0.39 is 0 Å². The van der Waals surface area contributed by atoms with E-state index in [9.17, 15) is 0 Å². The SMILES string of the molecule is Cc1c(Cl)ncnc1NC12CC3CC(CC(C3)C1)C2. The van der Waals surface area contributed by atoms with Crippen molar-refractivity contribution in [3.63, 3.8) is 0 Å². The third-order valence-corrected chi connectivity index (χ3v) is 5.83. The Labute approximate surface area is 119 Å². The number of hydrogen-bond donors (Lipinski definition) is 1. The van der Waals surface area contributed by atoms with Crippen LogP contribution in [-0.4, -0.2) is 15.5 Å². The molecule has 0 radical (unpaired) electrons. The summed E-state index contributed by atoms with van der Waals surface area (Å²) in [6.07, 6.45) is 9.91. The Bertz CT molecular complexity index is 479. The summed E-state index contributed by atoms with van der Waals surface area (Å²) in [5, 5.41) is 4.33. The van der Waals surface area contributed by atoms with Gasteiger partial charge in [0.2, 0.25) is 0 Å². The molecule has 1 N–H and O–H groups in total. The Balaban J connectivity index is 1.64. The summed E-state index contributed by atoms with van der Waals surface area (Å²) in [6.45, 7) is 2.01. The predicted octanol–water partition coefficient (Wildman–Crippen LogP) is 3.82. The van der Waals surface area contributed by atoms with E-state index in [4.69, 9.17) is 11.6 Å². The van der Waals surface area contributed by atoms with Crippen molar-refractivity contribution in [3.8, 4) is 0 Å². The number of hydrogen-bond acceptors (Lipinski definition) is 3. The number of nitrogens with zero attached hydrogens (tertiary/aromatic N) is 2. The molecule has 1 aromatic heterocycles. The second-order valence-corrected chi connectivity index (χ2v) is 7.32. The summed E-state index contributed by atoms with van der Waals surface area (Å²) in [5.41, 5.74) is 1.27. The van der Waals surface area contributed by atoms with Gasteiger partial charge in [0, 0.05) is 11.1 Å². The zero-order valence-corrected chi connectivity index (χ0v) is 12.1. The van der Waals surface area contributed by atoms with Crippen LogP contribution in [0, 0.1) is 24.7 Å². The van der Waals surface area contributed by atoms with E-state index in [1.165, 1.54) is 38.5 Å². The topological polar surface area (TPSA) is 37.8 Å². The van der Waals surface area contributed by atoms with Crippen molar-refractivity contribution in [2.24, 2.45) is 17.8 Å². The van der Waals surface area contributed by atoms with Crippen LogP contribution in [0.3, 0.4) is 0 Å². The van der Waals surface area contributed by atoms with Gasteiger partial charge in [0.15, 0.2) is 0 Å². The van der Waals surface area contributed by atoms with Gasteiger partial charge in [-0.3, -0.25) is 0 Å². The normalized spacial score (nSPS) is 39.6. The molecule has 19 heavy (non-hydrogen) atoms. The second kappa shape index (κ2) is 4.08. The first-order valence-corrected chi connectivity index (χ1v) is 7.77. The van der Waals surface area contributed by atoms with E-state index in [1.807, 2.05) is 6.92 Å². The second-order valence-electron chi connectivity index (χ2n) is 6.96. The maximum atomic E-state index is 6.11. The van der Waals surface area contributed by atoms with Crippen LogP contribution in [0.2, 0.25) is 5.15 Å². The molecular formula is C15H20ClN3. The van der Waals surface area contributed by atoms with Crippen LogP contribution in [-0.2, 0) is 0 Å². The molecule has 4 aliphatic carbocycles. The van der Waals surface area contributed by atoms with Gasteiger partial charge in [0.25, 0.3) is 0 Å². The molecule has 102 valence electrons. The molecule has 4 bridgehead atoms. The van der Waals surface area contributed by atoms with Crippen molar-refractivity contribution in [2.75, 3.05) is 5.32 Å². The lowest BCUT2D eigenvalue weighted by Gasteiger charge is -2.57. The summed E-state index contributed by atoms with van der Waals surface area (Å²) in [6, 6.07) is 0. The summed E-state index contributed by atoms with van der Waals surface area (Å²) >= 11 is 6.11. The van der Waals surface area contributed by atoms with Crippen LogP contribution in [0.1, 0.15) is 44.1 Å². The molecule has 0 aromatic carbocycles. The van der Waals surface area contributed by atoms with Gasteiger partial charge in [-0.05, 0) is 63.2 Å². The van der Waals surface area contributed by atoms with Gasteiger partial charge in [-0.25, -0.2) is 9.97 Å². The summed E-state index contributed by atoms with van der Waals surface area (Å²) in [5.74, 6) is 3.77. The van der Waals surface area contributed by atoms with E-state index in [1.54, 1.807) is 6.33 Å². The van der Waals surface area contributed by atoms with E-state index in [-0.39, 0.29) is 5.54 Å². The smallest absolute Gasteiger partial charge is 0.137 e. The lowest BCUT2D eigenvalue weighted by Crippen LogP contribution is -2.55. The van der Waals surface area contributed by atoms with Crippen molar-refractivity contribution in [1.29, 1.82) is 0 Å². The third-order valence-electron chi connectivity index (χ3n) is 5.44. The van der Waals surface area contributed by atoms with Gasteiger partial charge in [-0.1, -0.05) is 11.6 Å². The van der Waals surface area contributed by atoms with Gasteiger partial charge in [0.05, 0.1) is 0 Å². The molecule has 0 spiro atoms. The number of rotatable bonds is 2. The van der Waals surface area contributed by atoms with Crippen LogP contribution in [0.5, 0.6) is 0 Å². The molecule has 0 atom stereocenters. The lowest BCUT2D eigenvalue weighted by molar-refractivity contribution is 0.0105. The van der Waals surface area contributed by atoms with Gasteiger partial charge in [0.1, 0.15) is 17.3 Å². The molecule has 4 heteroatoms. The Morgan fingerprint density at radius 2 is 1.68 bits per heavy atom. The number of nitrogens with one attached hydrogen (secondary N) is 1. The first-order valence-electron chi connectivity index (χ1n) is 7.39. The minimum atomic E-state index is 0.289. The zero-order valence-electron chi connectivity index (χ0n) is 11.3. The Hall–Kier alpha value is -0.830. The molecule has 4 fully saturated rings. The molecular weight excluding hydrogens is 258 g/mol. The largest absolute Gasteiger partial charge is 0.364 e. The molecule has 0 unspecified atom stereocenters. The highest BCUT2D eigenvalue weighted by molar-refractivity contribution is 6.30. The van der Waals surface area contributed by atoms with Crippen LogP contribution >= 0.6 is 11.6 Å². The molecule has 0 amide bonds. The minimum absolute atomic E-state index is 0.289. The van der Waals surface area contributed by atoms with Gasteiger partial charge >= 0.3 is 0 Å². The summed E-state index contributed by atoms with van der Waals surface area (Å²) < 4.78 is 0. The van der Waals surface area contributed by atoms with E-state index in [0.717, 1.165) is 29.1 Å². The molecule has 4 saturated carbocycles. The van der Waals surface area contributed by atoms with Crippen LogP contribution in [0.15, 0.2) is 6.33 Å². The molecule has 4 aliphatic rings. The molecule has 5 rings (SSSR count). The van der Waals surface area contributed by atoms with Gasteiger partial charge < -0.3 is 5.32 Å². The third kappa shape index (κ3) is 1.94. The zero-order chi connectivity index (χ0) is 13.0. The van der Waals surface area contributed by atoms with Crippen molar-refractivity contribution < 1.29 is 0 Å². The monoisotopic (exact) mass is 277 g/mol. The first kappa shape index (κ1) is 12.0. The van der Waals surface area contributed by atoms with E-state index in [2.05, 4.69) is 15.3 Å². The average molecular weight is 278 g/mol. The Morgan fingerprint density at radius 1 is 1.11 bits per heavy atom. The van der Waals surface area contributed by atoms with Crippen molar-refractivity contribution in [1.82, 2.24) is 9.97 Å². The fraction of sp³-hybridized carbons (Fsp3) is 0.733. The molecule has 1 heterocycles. The highest BCUT2D eigenvalue weighted by atomic mass is 35.5. The highest BCUT2D eigenvalue weighted by Gasteiger charge is 2.51. The number of aromatic nitrogens is 2. The van der Waals surface area contributed by atoms with Gasteiger partial charge in [-0.15, -0.1) is 0 Å². The van der Waals surface area contributed by atoms with Crippen molar-refractivity contribution in [3.05, 3.63) is 17.0 Å². The molecule has 0 aliphatic heterocycles. The van der Waals surface area contributed by atoms with Crippen LogP contribution < -0.4 is 5.32 Å². The van der Waals surface area contributed by atoms with Crippen molar-refractivity contribution >= 4 is 17.4 Å².